The predicted molar refractivity (Wildman–Crippen MR) is 136 cm³/mol. The summed E-state index contributed by atoms with van der Waals surface area (Å²) in [6.07, 6.45) is 0.344. The zero-order valence-electron chi connectivity index (χ0n) is 21.4. The van der Waals surface area contributed by atoms with Crippen molar-refractivity contribution in [2.24, 2.45) is 29.2 Å². The molecule has 0 aromatic heterocycles. The van der Waals surface area contributed by atoms with Crippen molar-refractivity contribution in [1.82, 2.24) is 5.32 Å². The van der Waals surface area contributed by atoms with Gasteiger partial charge in [0.25, 0.3) is 5.91 Å². The molecule has 1 fully saturated rings. The zero-order valence-corrected chi connectivity index (χ0v) is 21.4. The second-order valence-corrected chi connectivity index (χ2v) is 10.6. The van der Waals surface area contributed by atoms with Gasteiger partial charge in [-0.1, -0.05) is 13.8 Å². The van der Waals surface area contributed by atoms with E-state index < -0.39 is 86.7 Å². The second kappa shape index (κ2) is 10.1. The average Bonchev–Trinajstić information content (AvgIpc) is 2.85. The molecule has 3 aliphatic rings. The van der Waals surface area contributed by atoms with Crippen LogP contribution in [0.5, 0.6) is 5.75 Å². The second-order valence-electron chi connectivity index (χ2n) is 10.6. The summed E-state index contributed by atoms with van der Waals surface area (Å²) in [5, 5.41) is 49.3. The van der Waals surface area contributed by atoms with Gasteiger partial charge in [0.15, 0.2) is 17.1 Å². The fourth-order valence-electron chi connectivity index (χ4n) is 5.62. The summed E-state index contributed by atoms with van der Waals surface area (Å²) in [4.78, 5) is 50.3. The maximum absolute atomic E-state index is 15.2. The number of rotatable bonds is 7. The number of hydrogen-bond donors (Lipinski definition) is 8. The van der Waals surface area contributed by atoms with Gasteiger partial charge in [0.1, 0.15) is 22.9 Å². The lowest BCUT2D eigenvalue weighted by atomic mass is 9.58. The average molecular weight is 547 g/mol. The van der Waals surface area contributed by atoms with Crippen LogP contribution in [0.25, 0.3) is 5.76 Å². The van der Waals surface area contributed by atoms with Crippen LogP contribution in [0.4, 0.5) is 10.1 Å². The molecule has 3 aliphatic carbocycles. The Morgan fingerprint density at radius 1 is 1.23 bits per heavy atom. The SMILES string of the molecule is CC(C)CCNCC(=O)Nc1cc(F)c2c(c1O)C(O)=C1C(=O)[C@]3(O)C(O)=C(C(N)=O)C(=O)[C@@H](N)[C@@H]3C[C@@H]1C2. The first-order valence-electron chi connectivity index (χ1n) is 12.5. The van der Waals surface area contributed by atoms with Gasteiger partial charge in [-0.2, -0.15) is 0 Å². The van der Waals surface area contributed by atoms with Crippen LogP contribution in [0.1, 0.15) is 37.8 Å². The molecule has 1 aromatic rings. The Morgan fingerprint density at radius 2 is 1.90 bits per heavy atom. The van der Waals surface area contributed by atoms with E-state index in [9.17, 15) is 39.6 Å². The molecule has 0 saturated heterocycles. The van der Waals surface area contributed by atoms with E-state index in [0.717, 1.165) is 12.5 Å². The maximum atomic E-state index is 15.2. The number of aromatic hydroxyl groups is 1. The zero-order chi connectivity index (χ0) is 29.0. The van der Waals surface area contributed by atoms with Crippen LogP contribution in [0, 0.1) is 23.6 Å². The number of aliphatic hydroxyl groups excluding tert-OH is 2. The van der Waals surface area contributed by atoms with Crippen LogP contribution < -0.4 is 22.1 Å². The smallest absolute Gasteiger partial charge is 0.255 e. The molecule has 1 saturated carbocycles. The van der Waals surface area contributed by atoms with Crippen LogP contribution in [-0.2, 0) is 25.6 Å². The molecule has 0 aliphatic heterocycles. The Morgan fingerprint density at radius 3 is 2.51 bits per heavy atom. The van der Waals surface area contributed by atoms with E-state index in [1.807, 2.05) is 13.8 Å². The highest BCUT2D eigenvalue weighted by Gasteiger charge is 2.63. The number of anilines is 1. The normalized spacial score (nSPS) is 26.4. The van der Waals surface area contributed by atoms with E-state index in [2.05, 4.69) is 10.6 Å². The number of phenolic OH excluding ortho intramolecular Hbond substituents is 1. The third-order valence-electron chi connectivity index (χ3n) is 7.65. The maximum Gasteiger partial charge on any atom is 0.255 e. The van der Waals surface area contributed by atoms with Crippen molar-refractivity contribution in [3.05, 3.63) is 39.9 Å². The number of benzene rings is 1. The van der Waals surface area contributed by atoms with Gasteiger partial charge in [0.2, 0.25) is 11.7 Å². The number of nitrogens with two attached hydrogens (primary N) is 2. The lowest BCUT2D eigenvalue weighted by Gasteiger charge is -2.48. The number of carbonyl (C=O) groups excluding carboxylic acids is 4. The molecule has 0 radical (unpaired) electrons. The number of aliphatic hydroxyl groups is 3. The molecule has 0 bridgehead atoms. The van der Waals surface area contributed by atoms with Gasteiger partial charge in [0, 0.05) is 23.1 Å². The number of phenols is 1. The Balaban J connectivity index is 1.74. The molecular formula is C26H31FN4O8. The molecular weight excluding hydrogens is 515 g/mol. The van der Waals surface area contributed by atoms with Gasteiger partial charge >= 0.3 is 0 Å². The van der Waals surface area contributed by atoms with E-state index in [1.165, 1.54) is 0 Å². The first-order valence-corrected chi connectivity index (χ1v) is 12.5. The molecule has 10 N–H and O–H groups in total. The van der Waals surface area contributed by atoms with Crippen molar-refractivity contribution < 1.29 is 44.0 Å². The summed E-state index contributed by atoms with van der Waals surface area (Å²) < 4.78 is 15.2. The van der Waals surface area contributed by atoms with Crippen LogP contribution in [0.2, 0.25) is 0 Å². The third-order valence-corrected chi connectivity index (χ3v) is 7.65. The Hall–Kier alpha value is -3.81. The minimum atomic E-state index is -2.86. The number of primary amides is 1. The number of fused-ring (bicyclic) bond motifs is 3. The van der Waals surface area contributed by atoms with Gasteiger partial charge < -0.3 is 42.5 Å². The third kappa shape index (κ3) is 4.45. The number of Topliss-reactive ketones (excluding diaryl/α,β-unsaturated/α-hetero) is 2. The first kappa shape index (κ1) is 28.2. The number of halogens is 1. The van der Waals surface area contributed by atoms with Crippen molar-refractivity contribution in [3.8, 4) is 5.75 Å². The summed E-state index contributed by atoms with van der Waals surface area (Å²) >= 11 is 0. The van der Waals surface area contributed by atoms with Crippen molar-refractivity contribution >= 4 is 34.8 Å². The fourth-order valence-corrected chi connectivity index (χ4v) is 5.62. The van der Waals surface area contributed by atoms with Gasteiger partial charge in [-0.05, 0) is 37.6 Å². The minimum absolute atomic E-state index is 0.125. The summed E-state index contributed by atoms with van der Waals surface area (Å²) in [6, 6.07) is -0.698. The molecule has 4 rings (SSSR count). The molecule has 4 atom stereocenters. The number of nitrogens with one attached hydrogen (secondary N) is 2. The number of carbonyl (C=O) groups is 4. The molecule has 0 spiro atoms. The Labute approximate surface area is 222 Å². The summed E-state index contributed by atoms with van der Waals surface area (Å²) in [7, 11) is 0. The molecule has 39 heavy (non-hydrogen) atoms. The molecule has 0 unspecified atom stereocenters. The fraction of sp³-hybridized carbons (Fsp3) is 0.462. The number of ketones is 2. The van der Waals surface area contributed by atoms with Crippen molar-refractivity contribution in [1.29, 1.82) is 0 Å². The number of amides is 2. The highest BCUT2D eigenvalue weighted by atomic mass is 19.1. The van der Waals surface area contributed by atoms with Crippen LogP contribution in [0.3, 0.4) is 0 Å². The number of hydrogen-bond acceptors (Lipinski definition) is 10. The lowest BCUT2D eigenvalue weighted by molar-refractivity contribution is -0.149. The molecule has 210 valence electrons. The van der Waals surface area contributed by atoms with E-state index in [0.29, 0.717) is 12.5 Å². The molecule has 12 nitrogen and oxygen atoms in total. The van der Waals surface area contributed by atoms with E-state index in [4.69, 9.17) is 11.5 Å². The minimum Gasteiger partial charge on any atom is -0.508 e. The monoisotopic (exact) mass is 546 g/mol. The summed E-state index contributed by atoms with van der Waals surface area (Å²) in [5.41, 5.74) is 5.81. The molecule has 2 amide bonds. The highest BCUT2D eigenvalue weighted by molar-refractivity contribution is 6.24. The standard InChI is InChI=1S/C26H31FN4O8/c1-9(2)3-4-30-8-15(32)31-14-7-13(27)11-5-10-6-12-19(28)22(35)18(25(29)38)24(37)26(12,39)23(36)16(10)21(34)17(11)20(14)33/h7,9-10,12,19,30,33-34,37,39H,3-6,8,28H2,1-2H3,(H2,29,38)(H,31,32)/t10-,12-,19-,26-/m0/s1. The van der Waals surface area contributed by atoms with E-state index in [-0.39, 0.29) is 30.6 Å². The van der Waals surface area contributed by atoms with E-state index in [1.54, 1.807) is 0 Å². The van der Waals surface area contributed by atoms with E-state index >= 15 is 4.39 Å². The topological polar surface area (TPSA) is 225 Å². The van der Waals surface area contributed by atoms with Gasteiger partial charge in [-0.25, -0.2) is 4.39 Å². The van der Waals surface area contributed by atoms with Gasteiger partial charge in [-0.15, -0.1) is 0 Å². The van der Waals surface area contributed by atoms with Crippen LogP contribution >= 0.6 is 0 Å². The summed E-state index contributed by atoms with van der Waals surface area (Å²) in [6.45, 7) is 4.48. The van der Waals surface area contributed by atoms with Crippen LogP contribution in [0.15, 0.2) is 23.0 Å². The van der Waals surface area contributed by atoms with Gasteiger partial charge in [-0.3, -0.25) is 19.2 Å². The van der Waals surface area contributed by atoms with Crippen LogP contribution in [-0.4, -0.2) is 68.5 Å². The largest absolute Gasteiger partial charge is 0.508 e. The molecule has 1 aromatic carbocycles. The van der Waals surface area contributed by atoms with Crippen molar-refractivity contribution in [3.63, 3.8) is 0 Å². The lowest BCUT2D eigenvalue weighted by Crippen LogP contribution is -2.65. The van der Waals surface area contributed by atoms with Crippen molar-refractivity contribution in [2.75, 3.05) is 18.4 Å². The first-order chi connectivity index (χ1) is 18.2. The highest BCUT2D eigenvalue weighted by Crippen LogP contribution is 2.52. The molecule has 13 heteroatoms. The quantitative estimate of drug-likeness (QED) is 0.130. The predicted octanol–water partition coefficient (Wildman–Crippen LogP) is 0.0744. The Kier molecular flexibility index (Phi) is 7.27. The molecule has 0 heterocycles. The van der Waals surface area contributed by atoms with Gasteiger partial charge in [0.05, 0.1) is 23.8 Å². The summed E-state index contributed by atoms with van der Waals surface area (Å²) in [5.74, 6) is -9.99. The Bertz CT molecular complexity index is 1350. The van der Waals surface area contributed by atoms with Crippen molar-refractivity contribution in [2.45, 2.75) is 44.8 Å².